The summed E-state index contributed by atoms with van der Waals surface area (Å²) in [7, 11) is 0. The molecule has 0 unspecified atom stereocenters. The zero-order valence-corrected chi connectivity index (χ0v) is 14.0. The van der Waals surface area contributed by atoms with Crippen LogP contribution in [0, 0.1) is 6.92 Å². The maximum atomic E-state index is 6.17. The highest BCUT2D eigenvalue weighted by Gasteiger charge is 2.16. The van der Waals surface area contributed by atoms with Crippen molar-refractivity contribution < 1.29 is 0 Å². The molecule has 3 aromatic rings. The third kappa shape index (κ3) is 2.84. The van der Waals surface area contributed by atoms with Gasteiger partial charge in [0.05, 0.1) is 27.1 Å². The lowest BCUT2D eigenvalue weighted by atomic mass is 10.1. The molecule has 3 nitrogen and oxygen atoms in total. The molecule has 2 N–H and O–H groups in total. The van der Waals surface area contributed by atoms with Crippen molar-refractivity contribution in [2.45, 2.75) is 26.4 Å². The first-order valence-electron chi connectivity index (χ1n) is 7.12. The van der Waals surface area contributed by atoms with Crippen molar-refractivity contribution >= 4 is 34.2 Å². The molecule has 1 atom stereocenters. The van der Waals surface area contributed by atoms with Gasteiger partial charge in [-0.3, -0.25) is 0 Å². The number of halogens is 2. The number of nitrogens with zero attached hydrogens (tertiary/aromatic N) is 2. The van der Waals surface area contributed by atoms with Crippen LogP contribution in [0.1, 0.15) is 29.9 Å². The average Bonchev–Trinajstić information content (AvgIpc) is 2.78. The maximum Gasteiger partial charge on any atom is 0.126 e. The number of aryl methyl sites for hydroxylation is 1. The van der Waals surface area contributed by atoms with E-state index in [4.69, 9.17) is 28.9 Å². The summed E-state index contributed by atoms with van der Waals surface area (Å²) in [5.74, 6) is 0.829. The average molecular weight is 334 g/mol. The minimum Gasteiger partial charge on any atom is -0.322 e. The van der Waals surface area contributed by atoms with E-state index < -0.39 is 0 Å². The first kappa shape index (κ1) is 15.3. The molecule has 0 aliphatic rings. The van der Waals surface area contributed by atoms with Gasteiger partial charge in [-0.25, -0.2) is 4.98 Å². The summed E-state index contributed by atoms with van der Waals surface area (Å²) in [4.78, 5) is 4.63. The number of aromatic nitrogens is 2. The Kier molecular flexibility index (Phi) is 4.13. The molecule has 0 aliphatic heterocycles. The lowest BCUT2D eigenvalue weighted by Gasteiger charge is -2.12. The molecule has 0 spiro atoms. The Morgan fingerprint density at radius 2 is 1.91 bits per heavy atom. The van der Waals surface area contributed by atoms with E-state index in [0.717, 1.165) is 16.9 Å². The van der Waals surface area contributed by atoms with Crippen LogP contribution < -0.4 is 5.73 Å². The molecule has 3 rings (SSSR count). The van der Waals surface area contributed by atoms with Crippen molar-refractivity contribution in [3.63, 3.8) is 0 Å². The van der Waals surface area contributed by atoms with Gasteiger partial charge >= 0.3 is 0 Å². The Morgan fingerprint density at radius 3 is 2.59 bits per heavy atom. The zero-order valence-electron chi connectivity index (χ0n) is 12.5. The summed E-state index contributed by atoms with van der Waals surface area (Å²) in [5, 5.41) is 1.03. The summed E-state index contributed by atoms with van der Waals surface area (Å²) in [6, 6.07) is 11.9. The minimum absolute atomic E-state index is 0.172. The van der Waals surface area contributed by atoms with E-state index in [1.807, 2.05) is 13.0 Å². The number of hydrogen-bond donors (Lipinski definition) is 1. The van der Waals surface area contributed by atoms with E-state index in [2.05, 4.69) is 40.7 Å². The molecule has 1 heterocycles. The normalized spacial score (nSPS) is 12.8. The van der Waals surface area contributed by atoms with Crippen LogP contribution in [-0.2, 0) is 6.54 Å². The molecular weight excluding hydrogens is 317 g/mol. The summed E-state index contributed by atoms with van der Waals surface area (Å²) < 4.78 is 2.11. The monoisotopic (exact) mass is 333 g/mol. The number of nitrogens with two attached hydrogens (primary N) is 1. The predicted octanol–water partition coefficient (Wildman–Crippen LogP) is 4.72. The fourth-order valence-corrected chi connectivity index (χ4v) is 2.96. The summed E-state index contributed by atoms with van der Waals surface area (Å²) in [5.41, 5.74) is 10.3. The van der Waals surface area contributed by atoms with Gasteiger partial charge in [0.1, 0.15) is 5.82 Å². The van der Waals surface area contributed by atoms with Gasteiger partial charge < -0.3 is 10.3 Å². The van der Waals surface area contributed by atoms with Crippen LogP contribution in [0.3, 0.4) is 0 Å². The quantitative estimate of drug-likeness (QED) is 0.753. The van der Waals surface area contributed by atoms with E-state index >= 15 is 0 Å². The van der Waals surface area contributed by atoms with Crippen LogP contribution >= 0.6 is 23.2 Å². The molecule has 0 saturated heterocycles. The second-order valence-corrected chi connectivity index (χ2v) is 6.40. The van der Waals surface area contributed by atoms with Crippen molar-refractivity contribution in [3.8, 4) is 0 Å². The zero-order chi connectivity index (χ0) is 15.9. The number of benzene rings is 2. The molecule has 0 fully saturated rings. The van der Waals surface area contributed by atoms with Crippen molar-refractivity contribution in [1.82, 2.24) is 9.55 Å². The number of rotatable bonds is 3. The van der Waals surface area contributed by atoms with E-state index in [9.17, 15) is 0 Å². The molecule has 0 saturated carbocycles. The Labute approximate surface area is 139 Å². The fraction of sp³-hybridized carbons (Fsp3) is 0.235. The molecule has 0 bridgehead atoms. The molecule has 0 radical (unpaired) electrons. The van der Waals surface area contributed by atoms with Crippen molar-refractivity contribution in [1.29, 1.82) is 0 Å². The van der Waals surface area contributed by atoms with Crippen LogP contribution in [0.5, 0.6) is 0 Å². The number of imidazole rings is 1. The highest BCUT2D eigenvalue weighted by molar-refractivity contribution is 6.42. The predicted molar refractivity (Wildman–Crippen MR) is 92.6 cm³/mol. The summed E-state index contributed by atoms with van der Waals surface area (Å²) >= 11 is 12.3. The Balaban J connectivity index is 2.17. The lowest BCUT2D eigenvalue weighted by Crippen LogP contribution is -2.14. The maximum absolute atomic E-state index is 6.17. The first-order valence-corrected chi connectivity index (χ1v) is 7.87. The van der Waals surface area contributed by atoms with Gasteiger partial charge in [-0.05, 0) is 31.5 Å². The molecule has 0 amide bonds. The van der Waals surface area contributed by atoms with E-state index in [-0.39, 0.29) is 6.04 Å². The molecule has 114 valence electrons. The Bertz CT molecular complexity index is 837. The topological polar surface area (TPSA) is 43.8 Å². The van der Waals surface area contributed by atoms with E-state index in [1.54, 1.807) is 6.07 Å². The number of fused-ring (bicyclic) bond motifs is 1. The molecular formula is C17H17Cl2N3. The largest absolute Gasteiger partial charge is 0.322 e. The number of hydrogen-bond acceptors (Lipinski definition) is 2. The van der Waals surface area contributed by atoms with Gasteiger partial charge in [-0.2, -0.15) is 0 Å². The van der Waals surface area contributed by atoms with E-state index in [0.29, 0.717) is 16.6 Å². The molecule has 0 aliphatic carbocycles. The van der Waals surface area contributed by atoms with Crippen LogP contribution in [-0.4, -0.2) is 9.55 Å². The van der Waals surface area contributed by atoms with Crippen molar-refractivity contribution in [2.24, 2.45) is 5.73 Å². The third-order valence-corrected chi connectivity index (χ3v) is 4.37. The molecule has 1 aromatic heterocycles. The van der Waals surface area contributed by atoms with Gasteiger partial charge in [0.25, 0.3) is 0 Å². The highest BCUT2D eigenvalue weighted by atomic mass is 35.5. The second-order valence-electron chi connectivity index (χ2n) is 5.59. The third-order valence-electron chi connectivity index (χ3n) is 3.65. The molecule has 5 heteroatoms. The Morgan fingerprint density at radius 1 is 1.18 bits per heavy atom. The van der Waals surface area contributed by atoms with Gasteiger partial charge in [0, 0.05) is 6.54 Å². The molecule has 22 heavy (non-hydrogen) atoms. The SMILES string of the molecule is Cc1cccc(Cn2c([C@H](C)N)nc3cc(Cl)c(Cl)cc32)c1. The smallest absolute Gasteiger partial charge is 0.126 e. The van der Waals surface area contributed by atoms with Crippen molar-refractivity contribution in [2.75, 3.05) is 0 Å². The summed E-state index contributed by atoms with van der Waals surface area (Å²) in [6.45, 7) is 4.71. The molecule has 2 aromatic carbocycles. The van der Waals surface area contributed by atoms with Gasteiger partial charge in [0.15, 0.2) is 0 Å². The van der Waals surface area contributed by atoms with Crippen LogP contribution in [0.25, 0.3) is 11.0 Å². The van der Waals surface area contributed by atoms with Crippen LogP contribution in [0.15, 0.2) is 36.4 Å². The highest BCUT2D eigenvalue weighted by Crippen LogP contribution is 2.30. The van der Waals surface area contributed by atoms with Crippen molar-refractivity contribution in [3.05, 3.63) is 63.4 Å². The lowest BCUT2D eigenvalue weighted by molar-refractivity contribution is 0.664. The minimum atomic E-state index is -0.172. The summed E-state index contributed by atoms with van der Waals surface area (Å²) in [6.07, 6.45) is 0. The standard InChI is InChI=1S/C17H17Cl2N3/c1-10-4-3-5-12(6-10)9-22-16-8-14(19)13(18)7-15(16)21-17(22)11(2)20/h3-8,11H,9,20H2,1-2H3/t11-/m0/s1. The van der Waals surface area contributed by atoms with E-state index in [1.165, 1.54) is 11.1 Å². The Hall–Kier alpha value is -1.55. The second kappa shape index (κ2) is 5.92. The fourth-order valence-electron chi connectivity index (χ4n) is 2.65. The van der Waals surface area contributed by atoms with Gasteiger partial charge in [-0.15, -0.1) is 0 Å². The van der Waals surface area contributed by atoms with Crippen LogP contribution in [0.2, 0.25) is 10.0 Å². The van der Waals surface area contributed by atoms with Gasteiger partial charge in [-0.1, -0.05) is 53.0 Å². The van der Waals surface area contributed by atoms with Crippen LogP contribution in [0.4, 0.5) is 0 Å². The van der Waals surface area contributed by atoms with Gasteiger partial charge in [0.2, 0.25) is 0 Å². The first-order chi connectivity index (χ1) is 10.5.